The molecule has 0 aliphatic carbocycles. The van der Waals surface area contributed by atoms with Crippen molar-refractivity contribution in [2.24, 2.45) is 0 Å². The summed E-state index contributed by atoms with van der Waals surface area (Å²) in [6.45, 7) is 4.38. The number of carbonyl (C=O) groups excluding carboxylic acids is 2. The van der Waals surface area contributed by atoms with Crippen LogP contribution in [0.3, 0.4) is 0 Å². The largest absolute Gasteiger partial charge is 0.466 e. The Kier molecular flexibility index (Phi) is 12.3. The first-order valence-corrected chi connectivity index (χ1v) is 7.02. The molecule has 20 heavy (non-hydrogen) atoms. The summed E-state index contributed by atoms with van der Waals surface area (Å²) in [6, 6.07) is 12.0. The minimum Gasteiger partial charge on any atom is -0.466 e. The van der Waals surface area contributed by atoms with Gasteiger partial charge in [0.2, 0.25) is 0 Å². The van der Waals surface area contributed by atoms with E-state index >= 15 is 0 Å². The maximum absolute atomic E-state index is 10.9. The average molecular weight is 280 g/mol. The van der Waals surface area contributed by atoms with E-state index in [1.165, 1.54) is 0 Å². The molecule has 0 bridgehead atoms. The molecule has 0 aliphatic heterocycles. The van der Waals surface area contributed by atoms with E-state index in [1.807, 2.05) is 36.4 Å². The number of rotatable bonds is 7. The van der Waals surface area contributed by atoms with E-state index in [0.717, 1.165) is 0 Å². The van der Waals surface area contributed by atoms with Crippen LogP contribution in [0, 0.1) is 0 Å². The SMILES string of the molecule is CCOC(=O)CCCCC(=O)OCC.c1ccccc1. The molecule has 0 radical (unpaired) electrons. The molecule has 1 aromatic rings. The normalized spacial score (nSPS) is 9.10. The van der Waals surface area contributed by atoms with Gasteiger partial charge in [-0.1, -0.05) is 36.4 Å². The van der Waals surface area contributed by atoms with E-state index in [9.17, 15) is 9.59 Å². The molecule has 4 heteroatoms. The molecule has 0 amide bonds. The molecule has 0 N–H and O–H groups in total. The summed E-state index contributed by atoms with van der Waals surface area (Å²) in [7, 11) is 0. The molecule has 0 unspecified atom stereocenters. The molecule has 0 saturated carbocycles. The van der Waals surface area contributed by atoms with Gasteiger partial charge >= 0.3 is 11.9 Å². The third-order valence-electron chi connectivity index (χ3n) is 2.29. The van der Waals surface area contributed by atoms with Crippen molar-refractivity contribution >= 4 is 11.9 Å². The van der Waals surface area contributed by atoms with Gasteiger partial charge in [-0.3, -0.25) is 9.59 Å². The van der Waals surface area contributed by atoms with Crippen LogP contribution in [0.1, 0.15) is 39.5 Å². The molecule has 0 spiro atoms. The van der Waals surface area contributed by atoms with Gasteiger partial charge in [0.1, 0.15) is 0 Å². The zero-order chi connectivity index (χ0) is 15.1. The van der Waals surface area contributed by atoms with E-state index in [1.54, 1.807) is 13.8 Å². The highest BCUT2D eigenvalue weighted by molar-refractivity contribution is 5.70. The summed E-state index contributed by atoms with van der Waals surface area (Å²) in [6.07, 6.45) is 2.12. The molecule has 4 nitrogen and oxygen atoms in total. The number of hydrogen-bond donors (Lipinski definition) is 0. The predicted octanol–water partition coefficient (Wildman–Crippen LogP) is 3.36. The van der Waals surface area contributed by atoms with Crippen LogP contribution in [0.2, 0.25) is 0 Å². The monoisotopic (exact) mass is 280 g/mol. The lowest BCUT2D eigenvalue weighted by Gasteiger charge is -2.02. The van der Waals surface area contributed by atoms with Crippen LogP contribution in [0.4, 0.5) is 0 Å². The summed E-state index contributed by atoms with van der Waals surface area (Å²) in [5, 5.41) is 0. The number of esters is 2. The highest BCUT2D eigenvalue weighted by atomic mass is 16.5. The molecule has 0 aliphatic rings. The molecule has 0 fully saturated rings. The first-order valence-electron chi connectivity index (χ1n) is 7.02. The molecule has 0 saturated heterocycles. The molecule has 0 atom stereocenters. The molecule has 0 aromatic heterocycles. The average Bonchev–Trinajstić information content (AvgIpc) is 2.47. The third-order valence-corrected chi connectivity index (χ3v) is 2.29. The van der Waals surface area contributed by atoms with Crippen molar-refractivity contribution in [2.75, 3.05) is 13.2 Å². The van der Waals surface area contributed by atoms with Gasteiger partial charge in [0.05, 0.1) is 13.2 Å². The summed E-state index contributed by atoms with van der Waals surface area (Å²) >= 11 is 0. The van der Waals surface area contributed by atoms with Crippen molar-refractivity contribution in [3.8, 4) is 0 Å². The Morgan fingerprint density at radius 2 is 1.00 bits per heavy atom. The molecular weight excluding hydrogens is 256 g/mol. The molecule has 0 heterocycles. The van der Waals surface area contributed by atoms with Crippen molar-refractivity contribution in [1.29, 1.82) is 0 Å². The minimum absolute atomic E-state index is 0.198. The smallest absolute Gasteiger partial charge is 0.305 e. The van der Waals surface area contributed by atoms with Gasteiger partial charge in [-0.15, -0.1) is 0 Å². The van der Waals surface area contributed by atoms with Gasteiger partial charge in [0, 0.05) is 12.8 Å². The Morgan fingerprint density at radius 3 is 1.25 bits per heavy atom. The van der Waals surface area contributed by atoms with E-state index in [0.29, 0.717) is 38.9 Å². The first-order chi connectivity index (χ1) is 9.70. The lowest BCUT2D eigenvalue weighted by atomic mass is 10.2. The van der Waals surface area contributed by atoms with Crippen LogP contribution in [-0.2, 0) is 19.1 Å². The van der Waals surface area contributed by atoms with Gasteiger partial charge in [-0.05, 0) is 26.7 Å². The minimum atomic E-state index is -0.198. The van der Waals surface area contributed by atoms with Crippen molar-refractivity contribution in [2.45, 2.75) is 39.5 Å². The van der Waals surface area contributed by atoms with Gasteiger partial charge in [0.25, 0.3) is 0 Å². The number of benzene rings is 1. The van der Waals surface area contributed by atoms with E-state index in [4.69, 9.17) is 9.47 Å². The van der Waals surface area contributed by atoms with E-state index in [2.05, 4.69) is 0 Å². The zero-order valence-corrected chi connectivity index (χ0v) is 12.3. The highest BCUT2D eigenvalue weighted by Gasteiger charge is 2.04. The van der Waals surface area contributed by atoms with E-state index < -0.39 is 0 Å². The topological polar surface area (TPSA) is 52.6 Å². The maximum atomic E-state index is 10.9. The zero-order valence-electron chi connectivity index (χ0n) is 12.3. The van der Waals surface area contributed by atoms with Gasteiger partial charge in [0.15, 0.2) is 0 Å². The first kappa shape index (κ1) is 18.2. The summed E-state index contributed by atoms with van der Waals surface area (Å²) in [5.74, 6) is -0.396. The standard InChI is InChI=1S/C10H18O4.C6H6/c1-3-13-9(11)7-5-6-8-10(12)14-4-2;1-2-4-6-5-3-1/h3-8H2,1-2H3;1-6H. The maximum Gasteiger partial charge on any atom is 0.305 e. The van der Waals surface area contributed by atoms with Crippen LogP contribution < -0.4 is 0 Å². The molecular formula is C16H24O4. The second-order valence-electron chi connectivity index (χ2n) is 3.97. The highest BCUT2D eigenvalue weighted by Crippen LogP contribution is 2.02. The summed E-state index contributed by atoms with van der Waals surface area (Å²) in [5.41, 5.74) is 0. The number of unbranched alkanes of at least 4 members (excludes halogenated alkanes) is 1. The van der Waals surface area contributed by atoms with Gasteiger partial charge < -0.3 is 9.47 Å². The van der Waals surface area contributed by atoms with E-state index in [-0.39, 0.29) is 11.9 Å². The Labute approximate surface area is 121 Å². The Morgan fingerprint density at radius 1 is 0.700 bits per heavy atom. The number of ether oxygens (including phenoxy) is 2. The fourth-order valence-corrected chi connectivity index (χ4v) is 1.39. The molecule has 1 aromatic carbocycles. The number of hydrogen-bond acceptors (Lipinski definition) is 4. The Bertz CT molecular complexity index is 302. The fraction of sp³-hybridized carbons (Fsp3) is 0.500. The van der Waals surface area contributed by atoms with Crippen molar-refractivity contribution in [3.63, 3.8) is 0 Å². The summed E-state index contributed by atoms with van der Waals surface area (Å²) < 4.78 is 9.48. The summed E-state index contributed by atoms with van der Waals surface area (Å²) in [4.78, 5) is 21.8. The Hall–Kier alpha value is -1.84. The second kappa shape index (κ2) is 13.6. The van der Waals surface area contributed by atoms with Crippen molar-refractivity contribution in [3.05, 3.63) is 36.4 Å². The Balaban J connectivity index is 0.000000493. The van der Waals surface area contributed by atoms with Crippen LogP contribution in [0.25, 0.3) is 0 Å². The van der Waals surface area contributed by atoms with Crippen LogP contribution >= 0.6 is 0 Å². The lowest BCUT2D eigenvalue weighted by Crippen LogP contribution is -2.06. The van der Waals surface area contributed by atoms with Crippen LogP contribution in [0.5, 0.6) is 0 Å². The lowest BCUT2D eigenvalue weighted by molar-refractivity contribution is -0.145. The third kappa shape index (κ3) is 12.6. The predicted molar refractivity (Wildman–Crippen MR) is 78.2 cm³/mol. The molecule has 1 rings (SSSR count). The molecule has 112 valence electrons. The quantitative estimate of drug-likeness (QED) is 0.567. The van der Waals surface area contributed by atoms with Gasteiger partial charge in [-0.2, -0.15) is 0 Å². The van der Waals surface area contributed by atoms with Crippen molar-refractivity contribution < 1.29 is 19.1 Å². The fourth-order valence-electron chi connectivity index (χ4n) is 1.39. The van der Waals surface area contributed by atoms with Crippen LogP contribution in [0.15, 0.2) is 36.4 Å². The second-order valence-corrected chi connectivity index (χ2v) is 3.97. The van der Waals surface area contributed by atoms with Crippen molar-refractivity contribution in [1.82, 2.24) is 0 Å². The number of carbonyl (C=O) groups is 2. The van der Waals surface area contributed by atoms with Gasteiger partial charge in [-0.25, -0.2) is 0 Å². The van der Waals surface area contributed by atoms with Crippen LogP contribution in [-0.4, -0.2) is 25.2 Å².